The van der Waals surface area contributed by atoms with Crippen LogP contribution in [0.3, 0.4) is 0 Å². The Morgan fingerprint density at radius 1 is 0.966 bits per heavy atom. The quantitative estimate of drug-likeness (QED) is 0.316. The van der Waals surface area contributed by atoms with Gasteiger partial charge >= 0.3 is 17.9 Å². The van der Waals surface area contributed by atoms with Gasteiger partial charge in [-0.25, -0.2) is 0 Å². The number of halogens is 3. The summed E-state index contributed by atoms with van der Waals surface area (Å²) in [5, 5.41) is 0. The third kappa shape index (κ3) is 7.09. The Balaban J connectivity index is 2.26. The van der Waals surface area contributed by atoms with Crippen molar-refractivity contribution < 1.29 is 47.5 Å². The molecule has 0 aromatic carbocycles. The molecule has 0 aromatic rings. The third-order valence-electron chi connectivity index (χ3n) is 3.82. The predicted octanol–water partition coefficient (Wildman–Crippen LogP) is 1.61. The fourth-order valence-corrected chi connectivity index (χ4v) is 3.02. The van der Waals surface area contributed by atoms with Crippen LogP contribution in [0.4, 0.5) is 0 Å². The van der Waals surface area contributed by atoms with Crippen LogP contribution in [0.15, 0.2) is 0 Å². The maximum atomic E-state index is 11.7. The molecular formula is C16H21Cl3O10. The fourth-order valence-electron chi connectivity index (χ4n) is 2.86. The van der Waals surface area contributed by atoms with Crippen molar-refractivity contribution in [2.75, 3.05) is 13.2 Å². The van der Waals surface area contributed by atoms with Gasteiger partial charge in [-0.2, -0.15) is 0 Å². The Morgan fingerprint density at radius 2 is 1.55 bits per heavy atom. The van der Waals surface area contributed by atoms with Gasteiger partial charge < -0.3 is 28.4 Å². The largest absolute Gasteiger partial charge is 0.463 e. The highest BCUT2D eigenvalue weighted by Crippen LogP contribution is 2.40. The molecule has 2 unspecified atom stereocenters. The zero-order chi connectivity index (χ0) is 22.0. The Labute approximate surface area is 181 Å². The SMILES string of the molecule is CC(=O)OC[C@H]1OC2OC(C)(OCC(Cl)(Cl)Cl)O[C@@H]2[C@@H](OC(C)=O)[C@@H]1OC(C)=O. The molecule has 2 saturated heterocycles. The summed E-state index contributed by atoms with van der Waals surface area (Å²) in [6.07, 6.45) is -5.46. The summed E-state index contributed by atoms with van der Waals surface area (Å²) >= 11 is 17.1. The van der Waals surface area contributed by atoms with Crippen molar-refractivity contribution in [1.29, 1.82) is 0 Å². The van der Waals surface area contributed by atoms with Gasteiger partial charge in [0.1, 0.15) is 12.7 Å². The second-order valence-corrected chi connectivity index (χ2v) is 8.98. The van der Waals surface area contributed by atoms with Gasteiger partial charge in [0.05, 0.1) is 6.61 Å². The van der Waals surface area contributed by atoms with Crippen molar-refractivity contribution in [1.82, 2.24) is 0 Å². The first kappa shape index (κ1) is 24.4. The van der Waals surface area contributed by atoms with E-state index < -0.39 is 58.4 Å². The number of hydrogen-bond donors (Lipinski definition) is 0. The summed E-state index contributed by atoms with van der Waals surface area (Å²) < 4.78 is 36.3. The molecule has 2 rings (SSSR count). The number of rotatable bonds is 6. The summed E-state index contributed by atoms with van der Waals surface area (Å²) in [5.41, 5.74) is 0. The van der Waals surface area contributed by atoms with E-state index in [2.05, 4.69) is 0 Å². The molecule has 29 heavy (non-hydrogen) atoms. The van der Waals surface area contributed by atoms with Crippen molar-refractivity contribution in [3.8, 4) is 0 Å². The summed E-state index contributed by atoms with van der Waals surface area (Å²) in [6.45, 7) is 4.27. The number of esters is 3. The van der Waals surface area contributed by atoms with E-state index in [-0.39, 0.29) is 13.2 Å². The van der Waals surface area contributed by atoms with Gasteiger partial charge in [0.2, 0.25) is 3.79 Å². The lowest BCUT2D eigenvalue weighted by molar-refractivity contribution is -0.343. The number of fused-ring (bicyclic) bond motifs is 1. The van der Waals surface area contributed by atoms with Gasteiger partial charge in [0.25, 0.3) is 5.97 Å². The van der Waals surface area contributed by atoms with Crippen molar-refractivity contribution in [3.63, 3.8) is 0 Å². The van der Waals surface area contributed by atoms with Crippen molar-refractivity contribution in [2.45, 2.75) is 68.2 Å². The average molecular weight is 480 g/mol. The highest BCUT2D eigenvalue weighted by Gasteiger charge is 2.59. The molecule has 0 bridgehead atoms. The van der Waals surface area contributed by atoms with Gasteiger partial charge in [-0.1, -0.05) is 34.8 Å². The molecule has 6 atom stereocenters. The second-order valence-electron chi connectivity index (χ2n) is 6.46. The van der Waals surface area contributed by atoms with Gasteiger partial charge in [0.15, 0.2) is 24.6 Å². The lowest BCUT2D eigenvalue weighted by Crippen LogP contribution is -2.60. The molecule has 2 heterocycles. The van der Waals surface area contributed by atoms with E-state index in [1.165, 1.54) is 27.7 Å². The van der Waals surface area contributed by atoms with Crippen LogP contribution < -0.4 is 0 Å². The van der Waals surface area contributed by atoms with Crippen LogP contribution in [-0.2, 0) is 47.5 Å². The van der Waals surface area contributed by atoms with E-state index >= 15 is 0 Å². The molecule has 0 spiro atoms. The van der Waals surface area contributed by atoms with E-state index in [1.54, 1.807) is 0 Å². The van der Waals surface area contributed by atoms with Gasteiger partial charge in [-0.3, -0.25) is 19.1 Å². The van der Waals surface area contributed by atoms with E-state index in [0.717, 1.165) is 0 Å². The van der Waals surface area contributed by atoms with Gasteiger partial charge in [-0.15, -0.1) is 0 Å². The van der Waals surface area contributed by atoms with Crippen molar-refractivity contribution in [3.05, 3.63) is 0 Å². The predicted molar refractivity (Wildman–Crippen MR) is 97.0 cm³/mol. The molecule has 0 aromatic heterocycles. The molecule has 2 fully saturated rings. The maximum absolute atomic E-state index is 11.7. The lowest BCUT2D eigenvalue weighted by Gasteiger charge is -2.40. The highest BCUT2D eigenvalue weighted by atomic mass is 35.6. The molecule has 0 N–H and O–H groups in total. The minimum Gasteiger partial charge on any atom is -0.463 e. The number of hydrogen-bond acceptors (Lipinski definition) is 10. The standard InChI is InChI=1S/C16H21Cl3O10/c1-7(20)23-5-10-11(25-8(2)21)12(26-9(3)22)13-14(27-10)29-15(4,28-13)24-6-16(17,18)19/h10-14H,5-6H2,1-4H3/t10-,11-,12+,13-,14?,15?/m1/s1. The first-order valence-corrected chi connectivity index (χ1v) is 9.62. The summed E-state index contributed by atoms with van der Waals surface area (Å²) in [7, 11) is 0. The molecule has 2 aliphatic heterocycles. The Hall–Kier alpha value is -0.880. The number of carbonyl (C=O) groups is 3. The Kier molecular flexibility index (Phi) is 7.99. The van der Waals surface area contributed by atoms with E-state index in [1.807, 2.05) is 0 Å². The van der Waals surface area contributed by atoms with E-state index in [9.17, 15) is 14.4 Å². The number of alkyl halides is 3. The second kappa shape index (κ2) is 9.51. The monoisotopic (exact) mass is 478 g/mol. The van der Waals surface area contributed by atoms with E-state index in [0.29, 0.717) is 0 Å². The zero-order valence-electron chi connectivity index (χ0n) is 16.0. The van der Waals surface area contributed by atoms with Crippen molar-refractivity contribution in [2.24, 2.45) is 0 Å². The zero-order valence-corrected chi connectivity index (χ0v) is 18.3. The first-order valence-electron chi connectivity index (χ1n) is 8.49. The highest BCUT2D eigenvalue weighted by molar-refractivity contribution is 6.67. The molecule has 166 valence electrons. The number of carbonyl (C=O) groups excluding carboxylic acids is 3. The molecular weight excluding hydrogens is 459 g/mol. The molecule has 10 nitrogen and oxygen atoms in total. The fraction of sp³-hybridized carbons (Fsp3) is 0.812. The van der Waals surface area contributed by atoms with Crippen molar-refractivity contribution >= 4 is 52.7 Å². The lowest BCUT2D eigenvalue weighted by atomic mass is 9.98. The van der Waals surface area contributed by atoms with E-state index in [4.69, 9.17) is 68.0 Å². The van der Waals surface area contributed by atoms with Crippen LogP contribution in [-0.4, -0.2) is 71.6 Å². The van der Waals surface area contributed by atoms with Gasteiger partial charge in [-0.05, 0) is 0 Å². The van der Waals surface area contributed by atoms with Crippen LogP contribution in [0.25, 0.3) is 0 Å². The van der Waals surface area contributed by atoms with Crippen LogP contribution in [0, 0.1) is 0 Å². The smallest absolute Gasteiger partial charge is 0.303 e. The summed E-state index contributed by atoms with van der Waals surface area (Å²) in [4.78, 5) is 34.4. The normalized spacial score (nSPS) is 34.2. The summed E-state index contributed by atoms with van der Waals surface area (Å²) in [5.74, 6) is -3.63. The molecule has 13 heteroatoms. The summed E-state index contributed by atoms with van der Waals surface area (Å²) in [6, 6.07) is 0. The molecule has 0 aliphatic carbocycles. The van der Waals surface area contributed by atoms with Gasteiger partial charge in [0, 0.05) is 27.7 Å². The van der Waals surface area contributed by atoms with Crippen LogP contribution in [0.5, 0.6) is 0 Å². The van der Waals surface area contributed by atoms with Crippen LogP contribution in [0.1, 0.15) is 27.7 Å². The molecule has 0 saturated carbocycles. The third-order valence-corrected chi connectivity index (χ3v) is 4.15. The Morgan fingerprint density at radius 3 is 2.07 bits per heavy atom. The first-order chi connectivity index (χ1) is 13.3. The number of ether oxygens (including phenoxy) is 7. The topological polar surface area (TPSA) is 116 Å². The average Bonchev–Trinajstić information content (AvgIpc) is 2.89. The van der Waals surface area contributed by atoms with Crippen LogP contribution >= 0.6 is 34.8 Å². The maximum Gasteiger partial charge on any atom is 0.303 e. The molecule has 0 amide bonds. The van der Waals surface area contributed by atoms with Crippen LogP contribution in [0.2, 0.25) is 0 Å². The minimum absolute atomic E-state index is 0.288. The molecule has 2 aliphatic rings. The Bertz CT molecular complexity index is 639. The minimum atomic E-state index is -1.74. The molecule has 0 radical (unpaired) electrons.